The van der Waals surface area contributed by atoms with Crippen LogP contribution in [0.2, 0.25) is 0 Å². The fraction of sp³-hybridized carbons (Fsp3) is 0.263. The molecule has 0 heterocycles. The molecule has 0 fully saturated rings. The van der Waals surface area contributed by atoms with E-state index in [9.17, 15) is 18.0 Å². The average Bonchev–Trinajstić information content (AvgIpc) is 2.67. The van der Waals surface area contributed by atoms with Gasteiger partial charge in [-0.3, -0.25) is 4.89 Å². The van der Waals surface area contributed by atoms with E-state index in [0.717, 1.165) is 5.56 Å². The van der Waals surface area contributed by atoms with Gasteiger partial charge in [-0.05, 0) is 31.2 Å². The van der Waals surface area contributed by atoms with Crippen molar-refractivity contribution in [2.75, 3.05) is 25.6 Å². The third kappa shape index (κ3) is 7.37. The first-order chi connectivity index (χ1) is 13.4. The highest BCUT2D eigenvalue weighted by atomic mass is 32.2. The van der Waals surface area contributed by atoms with Crippen LogP contribution in [0.5, 0.6) is 5.75 Å². The lowest BCUT2D eigenvalue weighted by atomic mass is 10.2. The number of hydrogen-bond donors (Lipinski definition) is 0. The molecule has 0 spiro atoms. The van der Waals surface area contributed by atoms with Crippen molar-refractivity contribution in [2.24, 2.45) is 0 Å². The van der Waals surface area contributed by atoms with Crippen LogP contribution in [0.1, 0.15) is 5.56 Å². The normalized spacial score (nSPS) is 10.9. The van der Waals surface area contributed by atoms with E-state index >= 15 is 0 Å². The minimum absolute atomic E-state index is 0.151. The molecule has 0 N–H and O–H groups in total. The molecule has 150 valence electrons. The number of carbonyl (C=O) groups excluding carboxylic acids is 2. The Labute approximate surface area is 162 Å². The van der Waals surface area contributed by atoms with Gasteiger partial charge in [0.15, 0.2) is 23.1 Å². The standard InChI is InChI=1S/C19H20O8S/c1-15-7-9-17(10-8-15)28(22,23)12-11-24-18(20)14-26-27-19(21)13-25-16-5-3-2-4-6-16/h2-10H,11-14H2,1H3. The van der Waals surface area contributed by atoms with E-state index < -0.39 is 35.0 Å². The highest BCUT2D eigenvalue weighted by Gasteiger charge is 2.16. The number of esters is 1. The van der Waals surface area contributed by atoms with Crippen molar-refractivity contribution in [1.82, 2.24) is 0 Å². The molecule has 9 heteroatoms. The summed E-state index contributed by atoms with van der Waals surface area (Å²) >= 11 is 0. The van der Waals surface area contributed by atoms with Crippen molar-refractivity contribution in [3.63, 3.8) is 0 Å². The van der Waals surface area contributed by atoms with Crippen LogP contribution in [-0.4, -0.2) is 45.9 Å². The molecule has 0 saturated carbocycles. The predicted octanol–water partition coefficient (Wildman–Crippen LogP) is 1.87. The van der Waals surface area contributed by atoms with Gasteiger partial charge in [0.2, 0.25) is 0 Å². The van der Waals surface area contributed by atoms with Crippen molar-refractivity contribution in [3.05, 3.63) is 60.2 Å². The van der Waals surface area contributed by atoms with Crippen LogP contribution in [0.25, 0.3) is 0 Å². The number of rotatable bonds is 10. The van der Waals surface area contributed by atoms with Crippen LogP contribution < -0.4 is 4.74 Å². The molecule has 0 saturated heterocycles. The molecular formula is C19H20O8S. The third-order valence-electron chi connectivity index (χ3n) is 3.42. The third-order valence-corrected chi connectivity index (χ3v) is 5.12. The first kappa shape index (κ1) is 21.4. The molecule has 0 aromatic heterocycles. The first-order valence-electron chi connectivity index (χ1n) is 8.32. The molecular weight excluding hydrogens is 388 g/mol. The second kappa shape index (κ2) is 10.4. The topological polar surface area (TPSA) is 105 Å². The zero-order valence-electron chi connectivity index (χ0n) is 15.2. The molecule has 0 bridgehead atoms. The highest BCUT2D eigenvalue weighted by Crippen LogP contribution is 2.12. The minimum atomic E-state index is -3.56. The summed E-state index contributed by atoms with van der Waals surface area (Å²) in [6, 6.07) is 15.0. The van der Waals surface area contributed by atoms with Crippen molar-refractivity contribution in [2.45, 2.75) is 11.8 Å². The molecule has 8 nitrogen and oxygen atoms in total. The SMILES string of the molecule is Cc1ccc(S(=O)(=O)CCOC(=O)COOC(=O)COc2ccccc2)cc1. The van der Waals surface area contributed by atoms with E-state index in [1.165, 1.54) is 12.1 Å². The molecule has 2 rings (SSSR count). The Hall–Kier alpha value is -2.91. The molecule has 0 aliphatic rings. The van der Waals surface area contributed by atoms with Crippen molar-refractivity contribution in [3.8, 4) is 5.75 Å². The lowest BCUT2D eigenvalue weighted by Gasteiger charge is -2.07. The van der Waals surface area contributed by atoms with E-state index in [1.54, 1.807) is 42.5 Å². The molecule has 0 radical (unpaired) electrons. The van der Waals surface area contributed by atoms with Gasteiger partial charge in [0.05, 0.1) is 10.6 Å². The van der Waals surface area contributed by atoms with Gasteiger partial charge in [0.1, 0.15) is 12.4 Å². The number of benzene rings is 2. The molecule has 28 heavy (non-hydrogen) atoms. The summed E-state index contributed by atoms with van der Waals surface area (Å²) in [4.78, 5) is 31.9. The van der Waals surface area contributed by atoms with Crippen LogP contribution in [-0.2, 0) is 33.9 Å². The number of carbonyl (C=O) groups is 2. The molecule has 0 aliphatic carbocycles. The van der Waals surface area contributed by atoms with Gasteiger partial charge in [-0.15, -0.1) is 0 Å². The van der Waals surface area contributed by atoms with Gasteiger partial charge in [-0.2, -0.15) is 4.89 Å². The maximum atomic E-state index is 12.1. The number of sulfone groups is 1. The van der Waals surface area contributed by atoms with Gasteiger partial charge in [-0.25, -0.2) is 18.0 Å². The minimum Gasteiger partial charge on any atom is -0.482 e. The van der Waals surface area contributed by atoms with Crippen LogP contribution in [0.4, 0.5) is 0 Å². The van der Waals surface area contributed by atoms with Crippen molar-refractivity contribution in [1.29, 1.82) is 0 Å². The lowest BCUT2D eigenvalue weighted by Crippen LogP contribution is -2.21. The highest BCUT2D eigenvalue weighted by molar-refractivity contribution is 7.91. The van der Waals surface area contributed by atoms with E-state index in [-0.39, 0.29) is 17.3 Å². The summed E-state index contributed by atoms with van der Waals surface area (Å²) in [6.07, 6.45) is 0. The smallest absolute Gasteiger partial charge is 0.379 e. The van der Waals surface area contributed by atoms with Gasteiger partial charge in [0, 0.05) is 0 Å². The van der Waals surface area contributed by atoms with Gasteiger partial charge in [0.25, 0.3) is 0 Å². The molecule has 0 atom stereocenters. The zero-order valence-corrected chi connectivity index (χ0v) is 16.0. The molecule has 2 aromatic carbocycles. The summed E-state index contributed by atoms with van der Waals surface area (Å²) in [5, 5.41) is 0. The van der Waals surface area contributed by atoms with Crippen LogP contribution in [0.15, 0.2) is 59.5 Å². The van der Waals surface area contributed by atoms with E-state index in [1.807, 2.05) is 6.92 Å². The fourth-order valence-electron chi connectivity index (χ4n) is 2.00. The summed E-state index contributed by atoms with van der Waals surface area (Å²) < 4.78 is 34.1. The monoisotopic (exact) mass is 408 g/mol. The molecule has 0 unspecified atom stereocenters. The van der Waals surface area contributed by atoms with E-state index in [2.05, 4.69) is 9.78 Å². The Morgan fingerprint density at radius 2 is 1.57 bits per heavy atom. The average molecular weight is 408 g/mol. The maximum absolute atomic E-state index is 12.1. The Balaban J connectivity index is 1.62. The fourth-order valence-corrected chi connectivity index (χ4v) is 3.09. The molecule has 0 amide bonds. The van der Waals surface area contributed by atoms with Crippen molar-refractivity contribution >= 4 is 21.8 Å². The second-order valence-corrected chi connectivity index (χ2v) is 7.78. The van der Waals surface area contributed by atoms with Crippen LogP contribution in [0.3, 0.4) is 0 Å². The Morgan fingerprint density at radius 1 is 0.893 bits per heavy atom. The van der Waals surface area contributed by atoms with Crippen LogP contribution in [0, 0.1) is 6.92 Å². The Kier molecular flexibility index (Phi) is 7.97. The summed E-state index contributed by atoms with van der Waals surface area (Å²) in [5.41, 5.74) is 0.936. The van der Waals surface area contributed by atoms with Crippen molar-refractivity contribution < 1.29 is 37.3 Å². The Bertz CT molecular complexity index is 876. The van der Waals surface area contributed by atoms with Gasteiger partial charge < -0.3 is 9.47 Å². The zero-order chi connectivity index (χ0) is 20.4. The summed E-state index contributed by atoms with van der Waals surface area (Å²) in [5.74, 6) is -1.59. The van der Waals surface area contributed by atoms with E-state index in [0.29, 0.717) is 5.75 Å². The first-order valence-corrected chi connectivity index (χ1v) is 9.97. The Morgan fingerprint density at radius 3 is 2.25 bits per heavy atom. The quantitative estimate of drug-likeness (QED) is 0.333. The lowest BCUT2D eigenvalue weighted by molar-refractivity contribution is -0.273. The maximum Gasteiger partial charge on any atom is 0.379 e. The van der Waals surface area contributed by atoms with Crippen LogP contribution >= 0.6 is 0 Å². The number of ether oxygens (including phenoxy) is 2. The summed E-state index contributed by atoms with van der Waals surface area (Å²) in [7, 11) is -3.56. The van der Waals surface area contributed by atoms with Gasteiger partial charge in [-0.1, -0.05) is 35.9 Å². The molecule has 2 aromatic rings. The second-order valence-electron chi connectivity index (χ2n) is 5.67. The van der Waals surface area contributed by atoms with E-state index in [4.69, 9.17) is 9.47 Å². The number of hydrogen-bond acceptors (Lipinski definition) is 8. The largest absolute Gasteiger partial charge is 0.482 e. The number of para-hydroxylation sites is 1. The summed E-state index contributed by atoms with van der Waals surface area (Å²) in [6.45, 7) is 0.442. The molecule has 0 aliphatic heterocycles. The number of aryl methyl sites for hydroxylation is 1. The predicted molar refractivity (Wildman–Crippen MR) is 98.2 cm³/mol. The van der Waals surface area contributed by atoms with Gasteiger partial charge >= 0.3 is 11.9 Å².